The van der Waals surface area contributed by atoms with Crippen LogP contribution in [0.1, 0.15) is 37.1 Å². The molecule has 2 aromatic rings. The fraction of sp³-hybridized carbons (Fsp3) is 0.474. The maximum Gasteiger partial charge on any atom is 0.389 e. The van der Waals surface area contributed by atoms with Gasteiger partial charge in [-0.25, -0.2) is 0 Å². The molecule has 156 valence electrons. The van der Waals surface area contributed by atoms with E-state index in [1.54, 1.807) is 18.2 Å². The minimum Gasteiger partial charge on any atom is -0.331 e. The van der Waals surface area contributed by atoms with Crippen molar-refractivity contribution >= 4 is 28.8 Å². The summed E-state index contributed by atoms with van der Waals surface area (Å²) >= 11 is 1.43. The van der Waals surface area contributed by atoms with Gasteiger partial charge in [-0.15, -0.1) is 10.2 Å². The summed E-state index contributed by atoms with van der Waals surface area (Å²) in [5.74, 6) is -1.03. The lowest BCUT2D eigenvalue weighted by Gasteiger charge is -2.35. The topological polar surface area (TPSA) is 75.2 Å². The molecule has 10 heteroatoms. The van der Waals surface area contributed by atoms with E-state index in [9.17, 15) is 22.8 Å². The average molecular weight is 426 g/mol. The van der Waals surface area contributed by atoms with Crippen molar-refractivity contribution in [3.8, 4) is 10.6 Å². The summed E-state index contributed by atoms with van der Waals surface area (Å²) in [6.45, 7) is 2.14. The predicted octanol–water partition coefficient (Wildman–Crippen LogP) is 4.18. The van der Waals surface area contributed by atoms with Gasteiger partial charge in [-0.1, -0.05) is 23.5 Å². The summed E-state index contributed by atoms with van der Waals surface area (Å²) in [7, 11) is 0. The first-order valence-electron chi connectivity index (χ1n) is 9.30. The number of piperidine rings is 1. The number of likely N-dealkylation sites (tertiary alicyclic amines) is 1. The molecule has 1 atom stereocenters. The average Bonchev–Trinajstić information content (AvgIpc) is 3.12. The smallest absolute Gasteiger partial charge is 0.331 e. The van der Waals surface area contributed by atoms with E-state index in [0.717, 1.165) is 22.0 Å². The minimum atomic E-state index is -4.40. The zero-order valence-corrected chi connectivity index (χ0v) is 16.6. The minimum absolute atomic E-state index is 0.291. The van der Waals surface area contributed by atoms with Crippen LogP contribution in [0.5, 0.6) is 0 Å². The third-order valence-corrected chi connectivity index (χ3v) is 5.54. The first kappa shape index (κ1) is 21.2. The molecule has 0 aliphatic carbocycles. The quantitative estimate of drug-likeness (QED) is 0.779. The normalized spacial score (nSPS) is 17.2. The Morgan fingerprint density at radius 1 is 1.28 bits per heavy atom. The van der Waals surface area contributed by atoms with Gasteiger partial charge in [-0.3, -0.25) is 9.59 Å². The lowest BCUT2D eigenvalue weighted by molar-refractivity contribution is -0.152. The number of hydrogen-bond acceptors (Lipinski definition) is 5. The van der Waals surface area contributed by atoms with E-state index >= 15 is 0 Å². The zero-order valence-electron chi connectivity index (χ0n) is 15.8. The van der Waals surface area contributed by atoms with Gasteiger partial charge in [0, 0.05) is 24.2 Å². The first-order chi connectivity index (χ1) is 13.7. The Hall–Kier alpha value is -2.49. The lowest BCUT2D eigenvalue weighted by atomic mass is 10.0. The highest BCUT2D eigenvalue weighted by Crippen LogP contribution is 2.27. The van der Waals surface area contributed by atoms with Crippen molar-refractivity contribution < 1.29 is 22.8 Å². The van der Waals surface area contributed by atoms with Crippen LogP contribution in [0, 0.1) is 6.92 Å². The number of carbonyl (C=O) groups is 2. The van der Waals surface area contributed by atoms with Crippen molar-refractivity contribution in [2.75, 3.05) is 11.9 Å². The molecule has 0 radical (unpaired) electrons. The fourth-order valence-corrected chi connectivity index (χ4v) is 3.95. The third-order valence-electron chi connectivity index (χ3n) is 4.65. The van der Waals surface area contributed by atoms with Gasteiger partial charge in [0.2, 0.25) is 11.8 Å². The molecule has 0 spiro atoms. The van der Waals surface area contributed by atoms with E-state index in [4.69, 9.17) is 0 Å². The standard InChI is InChI=1S/C19H21F3N4O2S/c1-12-24-25-18(29-12)13-5-4-6-14(11-13)23-17(28)15-7-2-3-10-26(15)16(27)8-9-19(20,21)22/h4-6,11,15H,2-3,7-10H2,1H3,(H,23,28). The van der Waals surface area contributed by atoms with Gasteiger partial charge in [0.15, 0.2) is 0 Å². The maximum atomic E-state index is 12.8. The molecular formula is C19H21F3N4O2S. The number of carbonyl (C=O) groups excluding carboxylic acids is 2. The molecule has 1 aliphatic heterocycles. The molecule has 3 rings (SSSR count). The Morgan fingerprint density at radius 2 is 2.07 bits per heavy atom. The summed E-state index contributed by atoms with van der Waals surface area (Å²) in [5.41, 5.74) is 1.34. The molecule has 1 N–H and O–H groups in total. The van der Waals surface area contributed by atoms with E-state index in [0.29, 0.717) is 25.1 Å². The molecule has 29 heavy (non-hydrogen) atoms. The van der Waals surface area contributed by atoms with Gasteiger partial charge < -0.3 is 10.2 Å². The summed E-state index contributed by atoms with van der Waals surface area (Å²) < 4.78 is 37.3. The fourth-order valence-electron chi connectivity index (χ4n) is 3.26. The van der Waals surface area contributed by atoms with Crippen molar-refractivity contribution in [2.45, 2.75) is 51.2 Å². The second-order valence-corrected chi connectivity index (χ2v) is 8.09. The van der Waals surface area contributed by atoms with E-state index < -0.39 is 36.9 Å². The van der Waals surface area contributed by atoms with Gasteiger partial charge in [0.25, 0.3) is 0 Å². The van der Waals surface area contributed by atoms with Crippen molar-refractivity contribution in [3.05, 3.63) is 29.3 Å². The van der Waals surface area contributed by atoms with Gasteiger partial charge in [0.1, 0.15) is 16.1 Å². The third kappa shape index (κ3) is 5.75. The number of halogens is 3. The number of hydrogen-bond donors (Lipinski definition) is 1. The van der Waals surface area contributed by atoms with Crippen molar-refractivity contribution in [3.63, 3.8) is 0 Å². The molecule has 0 saturated carbocycles. The molecule has 1 aromatic carbocycles. The highest BCUT2D eigenvalue weighted by atomic mass is 32.1. The van der Waals surface area contributed by atoms with Crippen molar-refractivity contribution in [1.82, 2.24) is 15.1 Å². The number of aryl methyl sites for hydroxylation is 1. The van der Waals surface area contributed by atoms with Crippen LogP contribution >= 0.6 is 11.3 Å². The summed E-state index contributed by atoms with van der Waals surface area (Å²) in [4.78, 5) is 26.3. The summed E-state index contributed by atoms with van der Waals surface area (Å²) in [5, 5.41) is 12.4. The number of amides is 2. The predicted molar refractivity (Wildman–Crippen MR) is 103 cm³/mol. The van der Waals surface area contributed by atoms with Crippen LogP contribution in [0.3, 0.4) is 0 Å². The lowest BCUT2D eigenvalue weighted by Crippen LogP contribution is -2.50. The van der Waals surface area contributed by atoms with E-state index in [1.807, 2.05) is 13.0 Å². The SMILES string of the molecule is Cc1nnc(-c2cccc(NC(=O)C3CCCCN3C(=O)CCC(F)(F)F)c2)s1. The van der Waals surface area contributed by atoms with E-state index in [1.165, 1.54) is 16.2 Å². The number of nitrogens with one attached hydrogen (secondary N) is 1. The number of nitrogens with zero attached hydrogens (tertiary/aromatic N) is 3. The van der Waals surface area contributed by atoms with Crippen LogP contribution in [0.2, 0.25) is 0 Å². The van der Waals surface area contributed by atoms with Crippen molar-refractivity contribution in [1.29, 1.82) is 0 Å². The second-order valence-electron chi connectivity index (χ2n) is 6.91. The highest BCUT2D eigenvalue weighted by Gasteiger charge is 2.34. The maximum absolute atomic E-state index is 12.8. The molecule has 6 nitrogen and oxygen atoms in total. The Balaban J connectivity index is 1.69. The van der Waals surface area contributed by atoms with Gasteiger partial charge in [-0.2, -0.15) is 13.2 Å². The van der Waals surface area contributed by atoms with Gasteiger partial charge >= 0.3 is 6.18 Å². The molecular weight excluding hydrogens is 405 g/mol. The van der Waals surface area contributed by atoms with Gasteiger partial charge in [-0.05, 0) is 38.3 Å². The molecule has 1 saturated heterocycles. The summed E-state index contributed by atoms with van der Waals surface area (Å²) in [6.07, 6.45) is -4.37. The van der Waals surface area contributed by atoms with E-state index in [-0.39, 0.29) is 0 Å². The number of aromatic nitrogens is 2. The van der Waals surface area contributed by atoms with Crippen LogP contribution in [0.4, 0.5) is 18.9 Å². The zero-order chi connectivity index (χ0) is 21.0. The molecule has 1 unspecified atom stereocenters. The first-order valence-corrected chi connectivity index (χ1v) is 10.1. The largest absolute Gasteiger partial charge is 0.389 e. The number of benzene rings is 1. The number of anilines is 1. The monoisotopic (exact) mass is 426 g/mol. The molecule has 1 fully saturated rings. The van der Waals surface area contributed by atoms with Crippen LogP contribution < -0.4 is 5.32 Å². The molecule has 2 amide bonds. The Morgan fingerprint density at radius 3 is 2.76 bits per heavy atom. The Bertz CT molecular complexity index is 884. The van der Waals surface area contributed by atoms with Crippen LogP contribution in [-0.2, 0) is 9.59 Å². The molecule has 2 heterocycles. The Kier molecular flexibility index (Phi) is 6.51. The molecule has 1 aromatic heterocycles. The van der Waals surface area contributed by atoms with Crippen LogP contribution in [0.15, 0.2) is 24.3 Å². The second kappa shape index (κ2) is 8.89. The van der Waals surface area contributed by atoms with Gasteiger partial charge in [0.05, 0.1) is 6.42 Å². The van der Waals surface area contributed by atoms with Crippen LogP contribution in [-0.4, -0.2) is 45.7 Å². The molecule has 1 aliphatic rings. The van der Waals surface area contributed by atoms with Crippen LogP contribution in [0.25, 0.3) is 10.6 Å². The van der Waals surface area contributed by atoms with E-state index in [2.05, 4.69) is 15.5 Å². The highest BCUT2D eigenvalue weighted by molar-refractivity contribution is 7.14. The Labute approximate surface area is 170 Å². The summed E-state index contributed by atoms with van der Waals surface area (Å²) in [6, 6.07) is 6.33. The van der Waals surface area contributed by atoms with Crippen molar-refractivity contribution in [2.24, 2.45) is 0 Å². The number of rotatable bonds is 5. The molecule has 0 bridgehead atoms. The number of alkyl halides is 3.